The number of halogens is 1. The molecule has 2 rings (SSSR count). The maximum Gasteiger partial charge on any atom is 0.231 e. The van der Waals surface area contributed by atoms with Crippen molar-refractivity contribution in [1.82, 2.24) is 14.9 Å². The van der Waals surface area contributed by atoms with E-state index in [0.29, 0.717) is 5.88 Å². The van der Waals surface area contributed by atoms with Crippen LogP contribution in [0.5, 0.6) is 5.88 Å². The van der Waals surface area contributed by atoms with E-state index in [4.69, 9.17) is 4.74 Å². The summed E-state index contributed by atoms with van der Waals surface area (Å²) in [5.41, 5.74) is 0. The molecular formula is C10H14BrN3O. The lowest BCUT2D eigenvalue weighted by Gasteiger charge is -2.29. The lowest BCUT2D eigenvalue weighted by atomic mass is 10.1. The maximum atomic E-state index is 5.81. The molecule has 0 N–H and O–H groups in total. The predicted molar refractivity (Wildman–Crippen MR) is 60.9 cm³/mol. The summed E-state index contributed by atoms with van der Waals surface area (Å²) in [4.78, 5) is 10.3. The lowest BCUT2D eigenvalue weighted by Crippen LogP contribution is -2.35. The van der Waals surface area contributed by atoms with E-state index in [1.165, 1.54) is 6.33 Å². The third-order valence-electron chi connectivity index (χ3n) is 2.58. The topological polar surface area (TPSA) is 38.2 Å². The molecule has 1 aromatic rings. The molecule has 5 heteroatoms. The molecule has 1 fully saturated rings. The molecule has 0 bridgehead atoms. The Morgan fingerprint density at radius 1 is 1.47 bits per heavy atom. The van der Waals surface area contributed by atoms with E-state index in [0.717, 1.165) is 30.4 Å². The molecular weight excluding hydrogens is 258 g/mol. The Bertz CT molecular complexity index is 326. The van der Waals surface area contributed by atoms with Gasteiger partial charge in [-0.25, -0.2) is 9.97 Å². The van der Waals surface area contributed by atoms with Gasteiger partial charge in [-0.1, -0.05) is 0 Å². The fourth-order valence-electron chi connectivity index (χ4n) is 1.65. The number of rotatable bonds is 2. The minimum absolute atomic E-state index is 0.285. The van der Waals surface area contributed by atoms with Gasteiger partial charge in [0.15, 0.2) is 0 Å². The zero-order valence-corrected chi connectivity index (χ0v) is 10.3. The van der Waals surface area contributed by atoms with Crippen LogP contribution in [0.2, 0.25) is 0 Å². The average Bonchev–Trinajstić information content (AvgIpc) is 2.25. The smallest absolute Gasteiger partial charge is 0.231 e. The van der Waals surface area contributed by atoms with Crippen molar-refractivity contribution < 1.29 is 4.74 Å². The summed E-state index contributed by atoms with van der Waals surface area (Å²) in [7, 11) is 2.14. The first-order valence-corrected chi connectivity index (χ1v) is 5.85. The fraction of sp³-hybridized carbons (Fsp3) is 0.600. The molecule has 1 aromatic heterocycles. The van der Waals surface area contributed by atoms with Gasteiger partial charge in [0.1, 0.15) is 12.4 Å². The molecule has 0 atom stereocenters. The van der Waals surface area contributed by atoms with Crippen molar-refractivity contribution in [3.05, 3.63) is 17.0 Å². The molecule has 82 valence electrons. The van der Waals surface area contributed by atoms with E-state index < -0.39 is 0 Å². The van der Waals surface area contributed by atoms with Crippen molar-refractivity contribution in [1.29, 1.82) is 0 Å². The summed E-state index contributed by atoms with van der Waals surface area (Å²) < 4.78 is 6.63. The van der Waals surface area contributed by atoms with Crippen LogP contribution in [0.1, 0.15) is 12.8 Å². The van der Waals surface area contributed by atoms with Gasteiger partial charge in [0.25, 0.3) is 0 Å². The number of aromatic nitrogens is 2. The first kappa shape index (κ1) is 10.8. The van der Waals surface area contributed by atoms with Gasteiger partial charge in [0, 0.05) is 19.3 Å². The molecule has 1 saturated heterocycles. The van der Waals surface area contributed by atoms with E-state index in [1.54, 1.807) is 6.20 Å². The quantitative estimate of drug-likeness (QED) is 0.821. The van der Waals surface area contributed by atoms with E-state index in [9.17, 15) is 0 Å². The van der Waals surface area contributed by atoms with Crippen LogP contribution in [0.3, 0.4) is 0 Å². The second-order valence-corrected chi connectivity index (χ2v) is 4.65. The minimum atomic E-state index is 0.285. The van der Waals surface area contributed by atoms with Crippen molar-refractivity contribution in [3.63, 3.8) is 0 Å². The molecule has 0 aromatic carbocycles. The van der Waals surface area contributed by atoms with Crippen molar-refractivity contribution >= 4 is 15.9 Å². The SMILES string of the molecule is CN1CCC(Oc2ncncc2Br)CC1. The third kappa shape index (κ3) is 2.89. The van der Waals surface area contributed by atoms with Crippen molar-refractivity contribution in [3.8, 4) is 5.88 Å². The second-order valence-electron chi connectivity index (χ2n) is 3.80. The van der Waals surface area contributed by atoms with Gasteiger partial charge >= 0.3 is 0 Å². The molecule has 1 aliphatic rings. The van der Waals surface area contributed by atoms with Crippen LogP contribution in [0, 0.1) is 0 Å². The Kier molecular flexibility index (Phi) is 3.53. The molecule has 0 spiro atoms. The largest absolute Gasteiger partial charge is 0.473 e. The summed E-state index contributed by atoms with van der Waals surface area (Å²) in [6.45, 7) is 2.18. The number of piperidine rings is 1. The standard InChI is InChI=1S/C10H14BrN3O/c1-14-4-2-8(3-5-14)15-10-9(11)6-12-7-13-10/h6-8H,2-5H2,1H3. The van der Waals surface area contributed by atoms with E-state index >= 15 is 0 Å². The van der Waals surface area contributed by atoms with Crippen LogP contribution in [-0.4, -0.2) is 41.1 Å². The minimum Gasteiger partial charge on any atom is -0.473 e. The zero-order chi connectivity index (χ0) is 10.7. The van der Waals surface area contributed by atoms with E-state index in [-0.39, 0.29) is 6.10 Å². The number of nitrogens with zero attached hydrogens (tertiary/aromatic N) is 3. The fourth-order valence-corrected chi connectivity index (χ4v) is 1.96. The molecule has 0 radical (unpaired) electrons. The van der Waals surface area contributed by atoms with Gasteiger partial charge in [0.05, 0.1) is 4.47 Å². The first-order chi connectivity index (χ1) is 7.25. The predicted octanol–water partition coefficient (Wildman–Crippen LogP) is 1.71. The van der Waals surface area contributed by atoms with Crippen LogP contribution in [0.4, 0.5) is 0 Å². The van der Waals surface area contributed by atoms with Gasteiger partial charge < -0.3 is 9.64 Å². The number of hydrogen-bond acceptors (Lipinski definition) is 4. The Morgan fingerprint density at radius 2 is 2.20 bits per heavy atom. The Balaban J connectivity index is 1.95. The van der Waals surface area contributed by atoms with Gasteiger partial charge in [0.2, 0.25) is 5.88 Å². The van der Waals surface area contributed by atoms with Crippen molar-refractivity contribution in [2.24, 2.45) is 0 Å². The Hall–Kier alpha value is -0.680. The highest BCUT2D eigenvalue weighted by Crippen LogP contribution is 2.23. The number of hydrogen-bond donors (Lipinski definition) is 0. The van der Waals surface area contributed by atoms with Gasteiger partial charge in [-0.15, -0.1) is 0 Å². The average molecular weight is 272 g/mol. The summed E-state index contributed by atoms with van der Waals surface area (Å²) >= 11 is 3.37. The van der Waals surface area contributed by atoms with Crippen LogP contribution in [-0.2, 0) is 0 Å². The molecule has 15 heavy (non-hydrogen) atoms. The molecule has 0 aliphatic carbocycles. The van der Waals surface area contributed by atoms with Gasteiger partial charge in [-0.2, -0.15) is 0 Å². The Labute approximate surface area is 97.8 Å². The molecule has 2 heterocycles. The molecule has 0 unspecified atom stereocenters. The molecule has 1 aliphatic heterocycles. The highest BCUT2D eigenvalue weighted by atomic mass is 79.9. The highest BCUT2D eigenvalue weighted by molar-refractivity contribution is 9.10. The van der Waals surface area contributed by atoms with Crippen molar-refractivity contribution in [2.45, 2.75) is 18.9 Å². The Morgan fingerprint density at radius 3 is 2.87 bits per heavy atom. The lowest BCUT2D eigenvalue weighted by molar-refractivity contribution is 0.109. The van der Waals surface area contributed by atoms with E-state index in [1.807, 2.05) is 0 Å². The molecule has 4 nitrogen and oxygen atoms in total. The van der Waals surface area contributed by atoms with Crippen LogP contribution >= 0.6 is 15.9 Å². The molecule has 0 amide bonds. The monoisotopic (exact) mass is 271 g/mol. The number of ether oxygens (including phenoxy) is 1. The summed E-state index contributed by atoms with van der Waals surface area (Å²) in [5.74, 6) is 0.652. The van der Waals surface area contributed by atoms with Crippen LogP contribution in [0.25, 0.3) is 0 Å². The zero-order valence-electron chi connectivity index (χ0n) is 8.69. The van der Waals surface area contributed by atoms with Crippen molar-refractivity contribution in [2.75, 3.05) is 20.1 Å². The van der Waals surface area contributed by atoms with Crippen LogP contribution in [0.15, 0.2) is 17.0 Å². The first-order valence-electron chi connectivity index (χ1n) is 5.06. The second kappa shape index (κ2) is 4.90. The summed E-state index contributed by atoms with van der Waals surface area (Å²) in [5, 5.41) is 0. The van der Waals surface area contributed by atoms with Gasteiger partial charge in [-0.05, 0) is 35.8 Å². The summed E-state index contributed by atoms with van der Waals surface area (Å²) in [6.07, 6.45) is 5.62. The summed E-state index contributed by atoms with van der Waals surface area (Å²) in [6, 6.07) is 0. The number of likely N-dealkylation sites (tertiary alicyclic amines) is 1. The van der Waals surface area contributed by atoms with Crippen LogP contribution < -0.4 is 4.74 Å². The van der Waals surface area contributed by atoms with Gasteiger partial charge in [-0.3, -0.25) is 0 Å². The third-order valence-corrected chi connectivity index (χ3v) is 3.12. The van der Waals surface area contributed by atoms with E-state index in [2.05, 4.69) is 37.8 Å². The molecule has 0 saturated carbocycles. The highest BCUT2D eigenvalue weighted by Gasteiger charge is 2.19. The normalized spacial score (nSPS) is 19.1. The maximum absolute atomic E-state index is 5.81.